The number of ether oxygens (including phenoxy) is 2. The largest absolute Gasteiger partial charge is 0.485 e. The predicted octanol–water partition coefficient (Wildman–Crippen LogP) is 2.00. The maximum atomic E-state index is 12.9. The summed E-state index contributed by atoms with van der Waals surface area (Å²) < 4.78 is 11.5. The van der Waals surface area contributed by atoms with Crippen LogP contribution in [0.3, 0.4) is 0 Å². The number of aromatic nitrogens is 1. The van der Waals surface area contributed by atoms with E-state index < -0.39 is 6.10 Å². The van der Waals surface area contributed by atoms with Crippen LogP contribution in [0, 0.1) is 13.8 Å². The van der Waals surface area contributed by atoms with Crippen molar-refractivity contribution < 1.29 is 23.9 Å². The van der Waals surface area contributed by atoms with Crippen LogP contribution >= 0.6 is 0 Å². The lowest BCUT2D eigenvalue weighted by atomic mass is 10.1. The average Bonchev–Trinajstić information content (AvgIpc) is 3.07. The Hall–Kier alpha value is -3.13. The van der Waals surface area contributed by atoms with E-state index in [1.54, 1.807) is 24.8 Å². The summed E-state index contributed by atoms with van der Waals surface area (Å²) in [6, 6.07) is 7.32. The summed E-state index contributed by atoms with van der Waals surface area (Å²) in [5.74, 6) is 1.04. The van der Waals surface area contributed by atoms with Gasteiger partial charge in [-0.3, -0.25) is 19.3 Å². The number of ketones is 2. The lowest BCUT2D eigenvalue weighted by molar-refractivity contribution is -0.142. The molecule has 2 aromatic rings. The number of hydrogen-bond acceptors (Lipinski definition) is 6. The zero-order chi connectivity index (χ0) is 22.1. The summed E-state index contributed by atoms with van der Waals surface area (Å²) in [7, 11) is 0. The van der Waals surface area contributed by atoms with E-state index in [0.29, 0.717) is 54.5 Å². The minimum absolute atomic E-state index is 0.0473. The summed E-state index contributed by atoms with van der Waals surface area (Å²) in [4.78, 5) is 44.3. The van der Waals surface area contributed by atoms with Gasteiger partial charge >= 0.3 is 0 Å². The molecule has 1 amide bonds. The Balaban J connectivity index is 1.32. The number of rotatable bonds is 5. The van der Waals surface area contributed by atoms with E-state index in [1.807, 2.05) is 23.1 Å². The van der Waals surface area contributed by atoms with Gasteiger partial charge in [-0.05, 0) is 38.5 Å². The molecule has 8 heteroatoms. The number of carbonyl (C=O) groups excluding carboxylic acids is 3. The van der Waals surface area contributed by atoms with Crippen LogP contribution in [-0.4, -0.2) is 77.7 Å². The second-order valence-corrected chi connectivity index (χ2v) is 8.07. The highest BCUT2D eigenvalue weighted by Crippen LogP contribution is 2.31. The van der Waals surface area contributed by atoms with Crippen LogP contribution in [0.4, 0.5) is 0 Å². The average molecular weight is 425 g/mol. The molecule has 0 bridgehead atoms. The van der Waals surface area contributed by atoms with E-state index in [2.05, 4.69) is 4.98 Å². The summed E-state index contributed by atoms with van der Waals surface area (Å²) >= 11 is 0. The van der Waals surface area contributed by atoms with Gasteiger partial charge in [-0.2, -0.15) is 0 Å². The van der Waals surface area contributed by atoms with Crippen molar-refractivity contribution in [3.8, 4) is 11.5 Å². The fourth-order valence-corrected chi connectivity index (χ4v) is 4.31. The Morgan fingerprint density at radius 2 is 1.74 bits per heavy atom. The fourth-order valence-electron chi connectivity index (χ4n) is 4.31. The molecule has 2 aliphatic rings. The Labute approximate surface area is 181 Å². The summed E-state index contributed by atoms with van der Waals surface area (Å²) in [5.41, 5.74) is 2.52. The van der Waals surface area contributed by atoms with E-state index >= 15 is 0 Å². The third-order valence-corrected chi connectivity index (χ3v) is 5.90. The zero-order valence-corrected chi connectivity index (χ0v) is 18.1. The molecule has 1 aromatic heterocycles. The van der Waals surface area contributed by atoms with Gasteiger partial charge in [0.25, 0.3) is 5.91 Å². The van der Waals surface area contributed by atoms with Gasteiger partial charge in [-0.15, -0.1) is 0 Å². The Bertz CT molecular complexity index is 1020. The second kappa shape index (κ2) is 8.55. The number of fused-ring (bicyclic) bond motifs is 1. The van der Waals surface area contributed by atoms with Crippen LogP contribution < -0.4 is 9.47 Å². The molecule has 0 unspecified atom stereocenters. The number of Topliss-reactive ketones (excluding diaryl/α,β-unsaturated/α-hetero) is 2. The highest BCUT2D eigenvalue weighted by molar-refractivity contribution is 6.04. The van der Waals surface area contributed by atoms with Crippen LogP contribution in [0.15, 0.2) is 24.3 Å². The lowest BCUT2D eigenvalue weighted by Crippen LogP contribution is -2.54. The van der Waals surface area contributed by atoms with Gasteiger partial charge in [-0.25, -0.2) is 0 Å². The zero-order valence-electron chi connectivity index (χ0n) is 18.1. The number of nitrogens with zero attached hydrogens (tertiary/aromatic N) is 2. The molecule has 1 atom stereocenters. The molecule has 1 saturated heterocycles. The van der Waals surface area contributed by atoms with Gasteiger partial charge < -0.3 is 19.4 Å². The van der Waals surface area contributed by atoms with Crippen molar-refractivity contribution in [2.75, 3.05) is 39.3 Å². The van der Waals surface area contributed by atoms with Crippen LogP contribution in [0.2, 0.25) is 0 Å². The van der Waals surface area contributed by atoms with Gasteiger partial charge in [0.15, 0.2) is 23.1 Å². The normalized spacial score (nSPS) is 18.7. The van der Waals surface area contributed by atoms with E-state index in [0.717, 1.165) is 5.69 Å². The third-order valence-electron chi connectivity index (χ3n) is 5.90. The lowest BCUT2D eigenvalue weighted by Gasteiger charge is -2.36. The topological polar surface area (TPSA) is 91.9 Å². The van der Waals surface area contributed by atoms with Gasteiger partial charge in [0.1, 0.15) is 6.61 Å². The molecule has 1 aromatic carbocycles. The molecule has 0 radical (unpaired) electrons. The maximum Gasteiger partial charge on any atom is 0.267 e. The number of para-hydroxylation sites is 2. The van der Waals surface area contributed by atoms with Crippen LogP contribution in [-0.2, 0) is 4.79 Å². The predicted molar refractivity (Wildman–Crippen MR) is 114 cm³/mol. The maximum absolute atomic E-state index is 12.9. The first-order valence-corrected chi connectivity index (χ1v) is 10.5. The summed E-state index contributed by atoms with van der Waals surface area (Å²) in [6.45, 7) is 7.79. The summed E-state index contributed by atoms with van der Waals surface area (Å²) in [6.07, 6.45) is -0.655. The molecule has 8 nitrogen and oxygen atoms in total. The Morgan fingerprint density at radius 1 is 1.06 bits per heavy atom. The molecule has 0 saturated carbocycles. The Kier molecular flexibility index (Phi) is 5.82. The first kappa shape index (κ1) is 21.1. The summed E-state index contributed by atoms with van der Waals surface area (Å²) in [5, 5.41) is 0. The fraction of sp³-hybridized carbons (Fsp3) is 0.435. The smallest absolute Gasteiger partial charge is 0.267 e. The molecule has 1 fully saturated rings. The van der Waals surface area contributed by atoms with Gasteiger partial charge in [0.2, 0.25) is 6.10 Å². The molecule has 164 valence electrons. The minimum Gasteiger partial charge on any atom is -0.485 e. The molecule has 31 heavy (non-hydrogen) atoms. The van der Waals surface area contributed by atoms with Gasteiger partial charge in [-0.1, -0.05) is 12.1 Å². The SMILES string of the molecule is CC(=O)c1c(C)[nH]c(C(=O)CN2CCN(C(=O)[C@@H]3COc4ccccc4O3)CC2)c1C. The van der Waals surface area contributed by atoms with Crippen LogP contribution in [0.5, 0.6) is 11.5 Å². The number of H-pyrrole nitrogens is 1. The molecule has 3 heterocycles. The quantitative estimate of drug-likeness (QED) is 0.737. The van der Waals surface area contributed by atoms with Crippen LogP contribution in [0.25, 0.3) is 0 Å². The van der Waals surface area contributed by atoms with E-state index in [4.69, 9.17) is 9.47 Å². The first-order valence-electron chi connectivity index (χ1n) is 10.5. The number of aryl methyl sites for hydroxylation is 1. The van der Waals surface area contributed by atoms with Crippen molar-refractivity contribution in [2.45, 2.75) is 26.9 Å². The van der Waals surface area contributed by atoms with E-state index in [-0.39, 0.29) is 30.6 Å². The Morgan fingerprint density at radius 3 is 2.39 bits per heavy atom. The molecule has 0 spiro atoms. The molecule has 4 rings (SSSR count). The number of benzene rings is 1. The monoisotopic (exact) mass is 425 g/mol. The molecular weight excluding hydrogens is 398 g/mol. The first-order chi connectivity index (χ1) is 14.8. The van der Waals surface area contributed by atoms with Crippen molar-refractivity contribution in [2.24, 2.45) is 0 Å². The molecule has 0 aliphatic carbocycles. The molecular formula is C23H27N3O5. The van der Waals surface area contributed by atoms with E-state index in [1.165, 1.54) is 6.92 Å². The van der Waals surface area contributed by atoms with Crippen molar-refractivity contribution in [3.05, 3.63) is 46.8 Å². The highest BCUT2D eigenvalue weighted by atomic mass is 16.6. The second-order valence-electron chi connectivity index (χ2n) is 8.07. The highest BCUT2D eigenvalue weighted by Gasteiger charge is 2.33. The van der Waals surface area contributed by atoms with Gasteiger partial charge in [0, 0.05) is 37.4 Å². The van der Waals surface area contributed by atoms with Crippen molar-refractivity contribution in [1.82, 2.24) is 14.8 Å². The number of aromatic amines is 1. The van der Waals surface area contributed by atoms with Crippen LogP contribution in [0.1, 0.15) is 39.0 Å². The minimum atomic E-state index is -0.655. The van der Waals surface area contributed by atoms with Crippen molar-refractivity contribution in [1.29, 1.82) is 0 Å². The van der Waals surface area contributed by atoms with Crippen molar-refractivity contribution >= 4 is 17.5 Å². The number of carbonyl (C=O) groups is 3. The van der Waals surface area contributed by atoms with Gasteiger partial charge in [0.05, 0.1) is 12.2 Å². The molecule has 1 N–H and O–H groups in total. The number of hydrogen-bond donors (Lipinski definition) is 1. The number of piperazine rings is 1. The number of amides is 1. The van der Waals surface area contributed by atoms with E-state index in [9.17, 15) is 14.4 Å². The third kappa shape index (κ3) is 4.20. The van der Waals surface area contributed by atoms with Crippen molar-refractivity contribution in [3.63, 3.8) is 0 Å². The standard InChI is InChI=1S/C23H27N3O5/c1-14-21(16(3)27)15(2)24-22(14)17(28)12-25-8-10-26(11-9-25)23(29)20-13-30-18-6-4-5-7-19(18)31-20/h4-7,20,24H,8-13H2,1-3H3/t20-/m0/s1. The number of nitrogens with one attached hydrogen (secondary N) is 1. The molecule has 2 aliphatic heterocycles.